The van der Waals surface area contributed by atoms with Crippen LogP contribution in [0.1, 0.15) is 53.9 Å². The van der Waals surface area contributed by atoms with Crippen LogP contribution >= 0.6 is 11.3 Å². The first-order valence-corrected chi connectivity index (χ1v) is 10.1. The molecule has 1 N–H and O–H groups in total. The molecule has 0 spiro atoms. The van der Waals surface area contributed by atoms with E-state index in [4.69, 9.17) is 9.47 Å². The fourth-order valence-corrected chi connectivity index (χ4v) is 3.69. The molecule has 0 aliphatic heterocycles. The number of rotatable bonds is 10. The number of ether oxygens (including phenoxy) is 2. The van der Waals surface area contributed by atoms with Crippen LogP contribution in [0.15, 0.2) is 36.4 Å². The Morgan fingerprint density at radius 2 is 1.71 bits per heavy atom. The number of carbonyl (C=O) groups is 3. The quantitative estimate of drug-likeness (QED) is 0.602. The zero-order chi connectivity index (χ0) is 20.4. The van der Waals surface area contributed by atoms with E-state index in [1.807, 2.05) is 30.3 Å². The summed E-state index contributed by atoms with van der Waals surface area (Å²) >= 11 is 1.36. The fraction of sp³-hybridized carbons (Fsp3) is 0.381. The van der Waals surface area contributed by atoms with Crippen LogP contribution in [0.2, 0.25) is 0 Å². The van der Waals surface area contributed by atoms with Gasteiger partial charge in [-0.25, -0.2) is 4.79 Å². The lowest BCUT2D eigenvalue weighted by molar-refractivity contribution is -0.143. The molecule has 28 heavy (non-hydrogen) atoms. The predicted molar refractivity (Wildman–Crippen MR) is 109 cm³/mol. The summed E-state index contributed by atoms with van der Waals surface area (Å²) in [4.78, 5) is 36.8. The molecule has 0 aliphatic carbocycles. The van der Waals surface area contributed by atoms with Crippen LogP contribution in [0.4, 0.5) is 5.00 Å². The minimum absolute atomic E-state index is 0.174. The van der Waals surface area contributed by atoms with Crippen molar-refractivity contribution in [3.05, 3.63) is 52.4 Å². The van der Waals surface area contributed by atoms with Crippen molar-refractivity contribution in [1.29, 1.82) is 0 Å². The highest BCUT2D eigenvalue weighted by Crippen LogP contribution is 2.31. The van der Waals surface area contributed by atoms with Gasteiger partial charge in [-0.3, -0.25) is 9.59 Å². The van der Waals surface area contributed by atoms with E-state index in [9.17, 15) is 14.4 Å². The van der Waals surface area contributed by atoms with E-state index < -0.39 is 5.97 Å². The standard InChI is InChI=1S/C21H25NO5S/c1-3-26-19(24)12-8-11-18(23)22-20-17(21(25)27-4-2)14-16(28-20)13-15-9-6-5-7-10-15/h5-7,9-10,14H,3-4,8,11-13H2,1-2H3,(H,22,23). The molecule has 0 fully saturated rings. The van der Waals surface area contributed by atoms with Crippen LogP contribution in [0, 0.1) is 0 Å². The summed E-state index contributed by atoms with van der Waals surface area (Å²) in [5.41, 5.74) is 1.47. The van der Waals surface area contributed by atoms with E-state index in [2.05, 4.69) is 5.32 Å². The maximum atomic E-state index is 12.3. The van der Waals surface area contributed by atoms with Crippen LogP contribution in [0.25, 0.3) is 0 Å². The van der Waals surface area contributed by atoms with Crippen molar-refractivity contribution >= 4 is 34.2 Å². The predicted octanol–water partition coefficient (Wildman–Crippen LogP) is 4.19. The Morgan fingerprint density at radius 3 is 2.39 bits per heavy atom. The smallest absolute Gasteiger partial charge is 0.341 e. The van der Waals surface area contributed by atoms with Crippen LogP contribution in [-0.4, -0.2) is 31.1 Å². The molecule has 6 nitrogen and oxygen atoms in total. The molecule has 0 bridgehead atoms. The Morgan fingerprint density at radius 1 is 1.00 bits per heavy atom. The molecule has 1 aromatic carbocycles. The lowest BCUT2D eigenvalue weighted by Gasteiger charge is -2.06. The van der Waals surface area contributed by atoms with E-state index in [-0.39, 0.29) is 31.3 Å². The molecule has 2 aromatic rings. The largest absolute Gasteiger partial charge is 0.466 e. The van der Waals surface area contributed by atoms with Crippen molar-refractivity contribution in [2.75, 3.05) is 18.5 Å². The van der Waals surface area contributed by atoms with Crippen LogP contribution < -0.4 is 5.32 Å². The molecular weight excluding hydrogens is 378 g/mol. The molecule has 0 radical (unpaired) electrons. The third-order valence-corrected chi connectivity index (χ3v) is 4.89. The molecule has 0 saturated carbocycles. The molecule has 150 valence electrons. The third-order valence-electron chi connectivity index (χ3n) is 3.84. The van der Waals surface area contributed by atoms with Gasteiger partial charge in [0.25, 0.3) is 0 Å². The average Bonchev–Trinajstić information content (AvgIpc) is 3.05. The van der Waals surface area contributed by atoms with Crippen molar-refractivity contribution < 1.29 is 23.9 Å². The highest BCUT2D eigenvalue weighted by atomic mass is 32.1. The van der Waals surface area contributed by atoms with Gasteiger partial charge in [-0.05, 0) is 31.9 Å². The zero-order valence-electron chi connectivity index (χ0n) is 16.2. The minimum Gasteiger partial charge on any atom is -0.466 e. The Balaban J connectivity index is 2.04. The molecule has 1 aromatic heterocycles. The first-order valence-electron chi connectivity index (χ1n) is 9.32. The highest BCUT2D eigenvalue weighted by molar-refractivity contribution is 7.16. The van der Waals surface area contributed by atoms with Gasteiger partial charge in [0.1, 0.15) is 5.00 Å². The topological polar surface area (TPSA) is 81.7 Å². The molecule has 0 unspecified atom stereocenters. The van der Waals surface area contributed by atoms with Crippen molar-refractivity contribution in [1.82, 2.24) is 0 Å². The van der Waals surface area contributed by atoms with Crippen LogP contribution in [-0.2, 0) is 25.5 Å². The average molecular weight is 404 g/mol. The number of amides is 1. The summed E-state index contributed by atoms with van der Waals surface area (Å²) in [6.45, 7) is 4.07. The van der Waals surface area contributed by atoms with E-state index in [0.29, 0.717) is 30.0 Å². The number of benzene rings is 1. The number of hydrogen-bond donors (Lipinski definition) is 1. The lowest BCUT2D eigenvalue weighted by atomic mass is 10.1. The number of nitrogens with one attached hydrogen (secondary N) is 1. The number of carbonyl (C=O) groups excluding carboxylic acids is 3. The van der Waals surface area contributed by atoms with E-state index in [0.717, 1.165) is 10.4 Å². The summed E-state index contributed by atoms with van der Waals surface area (Å²) < 4.78 is 9.96. The van der Waals surface area contributed by atoms with Gasteiger partial charge in [-0.1, -0.05) is 30.3 Å². The van der Waals surface area contributed by atoms with E-state index in [1.165, 1.54) is 11.3 Å². The summed E-state index contributed by atoms with van der Waals surface area (Å²) in [6.07, 6.45) is 1.42. The lowest BCUT2D eigenvalue weighted by Crippen LogP contribution is -2.14. The van der Waals surface area contributed by atoms with Crippen molar-refractivity contribution in [2.24, 2.45) is 0 Å². The summed E-state index contributed by atoms with van der Waals surface area (Å²) in [5, 5.41) is 3.27. The third kappa shape index (κ3) is 6.81. The molecule has 0 saturated heterocycles. The van der Waals surface area contributed by atoms with Gasteiger partial charge in [0.2, 0.25) is 5.91 Å². The minimum atomic E-state index is -0.458. The van der Waals surface area contributed by atoms with Crippen molar-refractivity contribution in [3.63, 3.8) is 0 Å². The summed E-state index contributed by atoms with van der Waals surface area (Å²) in [7, 11) is 0. The van der Waals surface area contributed by atoms with Gasteiger partial charge >= 0.3 is 11.9 Å². The second-order valence-electron chi connectivity index (χ2n) is 6.05. The Bertz CT molecular complexity index is 800. The number of esters is 2. The maximum absolute atomic E-state index is 12.3. The highest BCUT2D eigenvalue weighted by Gasteiger charge is 2.19. The number of thiophene rings is 1. The fourth-order valence-electron chi connectivity index (χ4n) is 2.60. The second-order valence-corrected chi connectivity index (χ2v) is 7.18. The Hall–Kier alpha value is -2.67. The van der Waals surface area contributed by atoms with Crippen molar-refractivity contribution in [2.45, 2.75) is 39.5 Å². The Kier molecular flexibility index (Phi) is 8.68. The first-order chi connectivity index (χ1) is 13.5. The monoisotopic (exact) mass is 403 g/mol. The SMILES string of the molecule is CCOC(=O)CCCC(=O)Nc1sc(Cc2ccccc2)cc1C(=O)OCC. The molecule has 7 heteroatoms. The molecule has 1 amide bonds. The van der Waals surface area contributed by atoms with Gasteiger partial charge in [0.05, 0.1) is 18.8 Å². The van der Waals surface area contributed by atoms with Crippen LogP contribution in [0.5, 0.6) is 0 Å². The van der Waals surface area contributed by atoms with Gasteiger partial charge in [-0.15, -0.1) is 11.3 Å². The first kappa shape index (κ1) is 21.6. The number of hydrogen-bond acceptors (Lipinski definition) is 6. The molecule has 0 aliphatic rings. The zero-order valence-corrected chi connectivity index (χ0v) is 17.0. The van der Waals surface area contributed by atoms with Gasteiger partial charge in [0.15, 0.2) is 0 Å². The maximum Gasteiger partial charge on any atom is 0.341 e. The Labute approximate surface area is 168 Å². The van der Waals surface area contributed by atoms with E-state index >= 15 is 0 Å². The number of anilines is 1. The summed E-state index contributed by atoms with van der Waals surface area (Å²) in [6, 6.07) is 11.7. The molecule has 1 heterocycles. The summed E-state index contributed by atoms with van der Waals surface area (Å²) in [5.74, 6) is -1.02. The second kappa shape index (κ2) is 11.2. The van der Waals surface area contributed by atoms with Gasteiger partial charge in [-0.2, -0.15) is 0 Å². The van der Waals surface area contributed by atoms with Crippen molar-refractivity contribution in [3.8, 4) is 0 Å². The van der Waals surface area contributed by atoms with Crippen LogP contribution in [0.3, 0.4) is 0 Å². The normalized spacial score (nSPS) is 10.4. The molecule has 2 rings (SSSR count). The van der Waals surface area contributed by atoms with E-state index in [1.54, 1.807) is 19.9 Å². The molecule has 0 atom stereocenters. The van der Waals surface area contributed by atoms with Gasteiger partial charge in [0, 0.05) is 24.1 Å². The van der Waals surface area contributed by atoms with Gasteiger partial charge < -0.3 is 14.8 Å². The molecular formula is C21H25NO5S.